The molecule has 0 aliphatic carbocycles. The zero-order chi connectivity index (χ0) is 15.2. The van der Waals surface area contributed by atoms with E-state index in [1.54, 1.807) is 18.3 Å². The van der Waals surface area contributed by atoms with Crippen molar-refractivity contribution < 1.29 is 9.59 Å². The maximum Gasteiger partial charge on any atom is 0.244 e. The van der Waals surface area contributed by atoms with Crippen LogP contribution >= 0.6 is 0 Å². The van der Waals surface area contributed by atoms with E-state index in [9.17, 15) is 9.59 Å². The Labute approximate surface area is 123 Å². The average Bonchev–Trinajstić information content (AvgIpc) is 2.47. The van der Waals surface area contributed by atoms with Crippen LogP contribution in [0.25, 0.3) is 10.9 Å². The van der Waals surface area contributed by atoms with Crippen molar-refractivity contribution in [1.82, 2.24) is 9.88 Å². The molecule has 0 fully saturated rings. The third kappa shape index (κ3) is 3.66. The summed E-state index contributed by atoms with van der Waals surface area (Å²) in [5.74, 6) is -0.425. The molecule has 2 amide bonds. The fourth-order valence-electron chi connectivity index (χ4n) is 2.03. The molecular weight excluding hydrogens is 266 g/mol. The molecule has 0 aliphatic heterocycles. The van der Waals surface area contributed by atoms with Crippen LogP contribution in [0.15, 0.2) is 49.2 Å². The van der Waals surface area contributed by atoms with Crippen LogP contribution in [0.2, 0.25) is 0 Å². The summed E-state index contributed by atoms with van der Waals surface area (Å²) in [5.41, 5.74) is 1.37. The molecule has 1 N–H and O–H groups in total. The van der Waals surface area contributed by atoms with E-state index >= 15 is 0 Å². The summed E-state index contributed by atoms with van der Waals surface area (Å²) in [4.78, 5) is 29.2. The Kier molecular flexibility index (Phi) is 4.66. The standard InChI is InChI=1S/C16H17N3O2/c1-3-10-19(12(2)20)11-15(21)18-14-8-4-6-13-7-5-9-17-16(13)14/h3-9H,1,10-11H2,2H3,(H,18,21). The van der Waals surface area contributed by atoms with E-state index in [1.807, 2.05) is 24.3 Å². The van der Waals surface area contributed by atoms with Crippen molar-refractivity contribution in [2.24, 2.45) is 0 Å². The van der Waals surface area contributed by atoms with Gasteiger partial charge in [0.05, 0.1) is 11.2 Å². The van der Waals surface area contributed by atoms with Crippen molar-refractivity contribution in [3.8, 4) is 0 Å². The SMILES string of the molecule is C=CCN(CC(=O)Nc1cccc2cccnc12)C(C)=O. The number of nitrogens with zero attached hydrogens (tertiary/aromatic N) is 2. The van der Waals surface area contributed by atoms with Gasteiger partial charge >= 0.3 is 0 Å². The molecule has 1 heterocycles. The average molecular weight is 283 g/mol. The van der Waals surface area contributed by atoms with Gasteiger partial charge in [-0.2, -0.15) is 0 Å². The lowest BCUT2D eigenvalue weighted by molar-refractivity contribution is -0.132. The Morgan fingerprint density at radius 3 is 2.81 bits per heavy atom. The number of hydrogen-bond acceptors (Lipinski definition) is 3. The predicted octanol–water partition coefficient (Wildman–Crippen LogP) is 2.21. The number of nitrogens with one attached hydrogen (secondary N) is 1. The number of anilines is 1. The highest BCUT2D eigenvalue weighted by atomic mass is 16.2. The van der Waals surface area contributed by atoms with Crippen LogP contribution in [0.3, 0.4) is 0 Å². The summed E-state index contributed by atoms with van der Waals surface area (Å²) < 4.78 is 0. The van der Waals surface area contributed by atoms with E-state index in [-0.39, 0.29) is 18.4 Å². The van der Waals surface area contributed by atoms with Crippen LogP contribution in [-0.2, 0) is 9.59 Å². The second kappa shape index (κ2) is 6.65. The van der Waals surface area contributed by atoms with Gasteiger partial charge in [-0.1, -0.05) is 24.3 Å². The van der Waals surface area contributed by atoms with Crippen LogP contribution in [-0.4, -0.2) is 34.8 Å². The lowest BCUT2D eigenvalue weighted by Crippen LogP contribution is -2.36. The van der Waals surface area contributed by atoms with Gasteiger partial charge in [0.1, 0.15) is 6.54 Å². The highest BCUT2D eigenvalue weighted by molar-refractivity contribution is 6.01. The van der Waals surface area contributed by atoms with Crippen LogP contribution in [0, 0.1) is 0 Å². The fraction of sp³-hybridized carbons (Fsp3) is 0.188. The summed E-state index contributed by atoms with van der Waals surface area (Å²) >= 11 is 0. The molecule has 0 bridgehead atoms. The van der Waals surface area contributed by atoms with Crippen LogP contribution in [0.5, 0.6) is 0 Å². The maximum absolute atomic E-state index is 12.1. The molecule has 0 unspecified atom stereocenters. The van der Waals surface area contributed by atoms with Gasteiger partial charge in [-0.3, -0.25) is 14.6 Å². The van der Waals surface area contributed by atoms with Gasteiger partial charge in [0.2, 0.25) is 11.8 Å². The molecule has 108 valence electrons. The minimum absolute atomic E-state index is 0.00935. The van der Waals surface area contributed by atoms with Crippen molar-refractivity contribution >= 4 is 28.4 Å². The van der Waals surface area contributed by atoms with Gasteiger partial charge in [-0.05, 0) is 12.1 Å². The minimum Gasteiger partial charge on any atom is -0.330 e. The minimum atomic E-state index is -0.259. The number of carbonyl (C=O) groups excluding carboxylic acids is 2. The van der Waals surface area contributed by atoms with Gasteiger partial charge in [0.15, 0.2) is 0 Å². The summed E-state index contributed by atoms with van der Waals surface area (Å²) in [7, 11) is 0. The number of pyridine rings is 1. The Hall–Kier alpha value is -2.69. The Bertz CT molecular complexity index is 677. The second-order valence-electron chi connectivity index (χ2n) is 4.62. The number of carbonyl (C=O) groups is 2. The number of hydrogen-bond donors (Lipinski definition) is 1. The quantitative estimate of drug-likeness (QED) is 0.856. The molecule has 0 saturated heterocycles. The highest BCUT2D eigenvalue weighted by Crippen LogP contribution is 2.20. The van der Waals surface area contributed by atoms with E-state index in [1.165, 1.54) is 11.8 Å². The molecule has 0 aliphatic rings. The molecule has 21 heavy (non-hydrogen) atoms. The van der Waals surface area contributed by atoms with E-state index in [0.717, 1.165) is 10.9 Å². The van der Waals surface area contributed by atoms with Crippen LogP contribution in [0.1, 0.15) is 6.92 Å². The number of amides is 2. The molecule has 0 atom stereocenters. The zero-order valence-corrected chi connectivity index (χ0v) is 11.9. The number of fused-ring (bicyclic) bond motifs is 1. The first-order valence-corrected chi connectivity index (χ1v) is 6.62. The third-order valence-corrected chi connectivity index (χ3v) is 3.04. The fourth-order valence-corrected chi connectivity index (χ4v) is 2.03. The molecule has 2 rings (SSSR count). The highest BCUT2D eigenvalue weighted by Gasteiger charge is 2.13. The second-order valence-corrected chi connectivity index (χ2v) is 4.62. The summed E-state index contributed by atoms with van der Waals surface area (Å²) in [6, 6.07) is 9.34. The smallest absolute Gasteiger partial charge is 0.244 e. The third-order valence-electron chi connectivity index (χ3n) is 3.04. The summed E-state index contributed by atoms with van der Waals surface area (Å²) in [6.07, 6.45) is 3.27. The first kappa shape index (κ1) is 14.7. The molecule has 1 aromatic heterocycles. The van der Waals surface area contributed by atoms with Crippen molar-refractivity contribution in [1.29, 1.82) is 0 Å². The number of aromatic nitrogens is 1. The van der Waals surface area contributed by atoms with Crippen molar-refractivity contribution in [2.75, 3.05) is 18.4 Å². The van der Waals surface area contributed by atoms with Crippen molar-refractivity contribution in [2.45, 2.75) is 6.92 Å². The van der Waals surface area contributed by atoms with Gasteiger partial charge < -0.3 is 10.2 Å². The Balaban J connectivity index is 2.14. The van der Waals surface area contributed by atoms with Crippen LogP contribution in [0.4, 0.5) is 5.69 Å². The molecule has 5 nitrogen and oxygen atoms in total. The zero-order valence-electron chi connectivity index (χ0n) is 11.9. The monoisotopic (exact) mass is 283 g/mol. The molecule has 1 aromatic carbocycles. The summed E-state index contributed by atoms with van der Waals surface area (Å²) in [5, 5.41) is 3.75. The molecular formula is C16H17N3O2. The molecule has 5 heteroatoms. The van der Waals surface area contributed by atoms with Crippen LogP contribution < -0.4 is 5.32 Å². The number of rotatable bonds is 5. The van der Waals surface area contributed by atoms with Gasteiger partial charge in [-0.25, -0.2) is 0 Å². The van der Waals surface area contributed by atoms with E-state index in [0.29, 0.717) is 12.2 Å². The topological polar surface area (TPSA) is 62.3 Å². The van der Waals surface area contributed by atoms with Gasteiger partial charge in [0.25, 0.3) is 0 Å². The first-order chi connectivity index (χ1) is 10.1. The van der Waals surface area contributed by atoms with E-state index < -0.39 is 0 Å². The molecule has 0 saturated carbocycles. The van der Waals surface area contributed by atoms with Gasteiger partial charge in [-0.15, -0.1) is 6.58 Å². The van der Waals surface area contributed by atoms with E-state index in [4.69, 9.17) is 0 Å². The predicted molar refractivity (Wildman–Crippen MR) is 82.8 cm³/mol. The number of para-hydroxylation sites is 1. The van der Waals surface area contributed by atoms with E-state index in [2.05, 4.69) is 16.9 Å². The Morgan fingerprint density at radius 1 is 1.33 bits per heavy atom. The van der Waals surface area contributed by atoms with Crippen molar-refractivity contribution in [3.63, 3.8) is 0 Å². The summed E-state index contributed by atoms with van der Waals surface area (Å²) in [6.45, 7) is 5.34. The molecule has 0 spiro atoms. The lowest BCUT2D eigenvalue weighted by Gasteiger charge is -2.18. The number of benzene rings is 1. The molecule has 2 aromatic rings. The lowest BCUT2D eigenvalue weighted by atomic mass is 10.2. The molecule has 0 radical (unpaired) electrons. The maximum atomic E-state index is 12.1. The largest absolute Gasteiger partial charge is 0.330 e. The first-order valence-electron chi connectivity index (χ1n) is 6.62. The Morgan fingerprint density at radius 2 is 2.10 bits per heavy atom. The normalized spacial score (nSPS) is 10.1. The van der Waals surface area contributed by atoms with Crippen molar-refractivity contribution in [3.05, 3.63) is 49.2 Å². The van der Waals surface area contributed by atoms with Gasteiger partial charge in [0, 0.05) is 25.1 Å².